The molecule has 1 aromatic carbocycles. The van der Waals surface area contributed by atoms with E-state index in [0.29, 0.717) is 24.7 Å². The number of hydrogen-bond acceptors (Lipinski definition) is 3. The van der Waals surface area contributed by atoms with Gasteiger partial charge in [-0.05, 0) is 37.1 Å². The average molecular weight is 268 g/mol. The molecule has 0 aromatic heterocycles. The van der Waals surface area contributed by atoms with Crippen LogP contribution in [0.2, 0.25) is 0 Å². The molecule has 2 N–H and O–H groups in total. The third-order valence-corrected chi connectivity index (χ3v) is 2.98. The van der Waals surface area contributed by atoms with Crippen molar-refractivity contribution < 1.29 is 9.50 Å². The van der Waals surface area contributed by atoms with E-state index in [1.54, 1.807) is 6.07 Å². The summed E-state index contributed by atoms with van der Waals surface area (Å²) in [6.07, 6.45) is 0. The highest BCUT2D eigenvalue weighted by atomic mass is 19.1. The summed E-state index contributed by atoms with van der Waals surface area (Å²) in [6, 6.07) is 5.17. The Morgan fingerprint density at radius 1 is 1.37 bits per heavy atom. The lowest BCUT2D eigenvalue weighted by atomic mass is 10.1. The van der Waals surface area contributed by atoms with Crippen LogP contribution in [0.25, 0.3) is 0 Å². The Balaban J connectivity index is 2.75. The van der Waals surface area contributed by atoms with Gasteiger partial charge in [-0.3, -0.25) is 0 Å². The van der Waals surface area contributed by atoms with Crippen molar-refractivity contribution >= 4 is 5.69 Å². The molecule has 0 amide bonds. The minimum absolute atomic E-state index is 0.0309. The maximum Gasteiger partial charge on any atom is 0.146 e. The predicted molar refractivity (Wildman–Crippen MR) is 77.9 cm³/mol. The number of hydrogen-bond donors (Lipinski definition) is 2. The molecule has 4 heteroatoms. The van der Waals surface area contributed by atoms with Crippen molar-refractivity contribution in [2.45, 2.75) is 27.3 Å². The standard InChI is InChI=1S/C15H25FN2O/c1-4-18(7-8-19)15-9-13(5-6-14(15)16)11-17-10-12(2)3/h5-6,9,12,17,19H,4,7-8,10-11H2,1-3H3. The van der Waals surface area contributed by atoms with Crippen LogP contribution in [0, 0.1) is 11.7 Å². The molecular weight excluding hydrogens is 243 g/mol. The van der Waals surface area contributed by atoms with Gasteiger partial charge >= 0.3 is 0 Å². The maximum atomic E-state index is 13.8. The van der Waals surface area contributed by atoms with Crippen LogP contribution in [0.4, 0.5) is 10.1 Å². The number of nitrogens with one attached hydrogen (secondary N) is 1. The molecule has 1 aromatic rings. The Hall–Kier alpha value is -1.13. The first-order chi connectivity index (χ1) is 9.08. The molecule has 0 aliphatic rings. The quantitative estimate of drug-likeness (QED) is 0.760. The van der Waals surface area contributed by atoms with E-state index in [1.807, 2.05) is 17.9 Å². The van der Waals surface area contributed by atoms with Crippen molar-refractivity contribution in [3.63, 3.8) is 0 Å². The van der Waals surface area contributed by atoms with Crippen LogP contribution >= 0.6 is 0 Å². The van der Waals surface area contributed by atoms with Crippen LogP contribution in [0.1, 0.15) is 26.3 Å². The van der Waals surface area contributed by atoms with Crippen LogP contribution < -0.4 is 10.2 Å². The van der Waals surface area contributed by atoms with Crippen molar-refractivity contribution in [3.8, 4) is 0 Å². The van der Waals surface area contributed by atoms with Crippen LogP contribution in [-0.4, -0.2) is 31.3 Å². The smallest absolute Gasteiger partial charge is 0.146 e. The van der Waals surface area contributed by atoms with Crippen molar-refractivity contribution in [3.05, 3.63) is 29.6 Å². The summed E-state index contributed by atoms with van der Waals surface area (Å²) < 4.78 is 13.8. The number of nitrogens with zero attached hydrogens (tertiary/aromatic N) is 1. The zero-order valence-electron chi connectivity index (χ0n) is 12.1. The number of aliphatic hydroxyl groups excluding tert-OH is 1. The molecule has 0 saturated carbocycles. The molecule has 0 saturated heterocycles. The fourth-order valence-corrected chi connectivity index (χ4v) is 1.99. The molecule has 0 spiro atoms. The number of anilines is 1. The summed E-state index contributed by atoms with van der Waals surface area (Å²) in [5, 5.41) is 12.4. The topological polar surface area (TPSA) is 35.5 Å². The monoisotopic (exact) mass is 268 g/mol. The van der Waals surface area contributed by atoms with E-state index in [4.69, 9.17) is 5.11 Å². The zero-order valence-corrected chi connectivity index (χ0v) is 12.1. The molecule has 0 atom stereocenters. The first kappa shape index (κ1) is 15.9. The van der Waals surface area contributed by atoms with Gasteiger partial charge in [0.2, 0.25) is 0 Å². The Bertz CT molecular complexity index is 382. The maximum absolute atomic E-state index is 13.8. The van der Waals surface area contributed by atoms with E-state index in [9.17, 15) is 4.39 Å². The van der Waals surface area contributed by atoms with Crippen molar-refractivity contribution in [1.29, 1.82) is 0 Å². The van der Waals surface area contributed by atoms with E-state index >= 15 is 0 Å². The van der Waals surface area contributed by atoms with Crippen molar-refractivity contribution in [2.75, 3.05) is 31.1 Å². The van der Waals surface area contributed by atoms with Gasteiger partial charge in [-0.15, -0.1) is 0 Å². The van der Waals surface area contributed by atoms with Crippen LogP contribution in [0.5, 0.6) is 0 Å². The number of rotatable bonds is 8. The minimum Gasteiger partial charge on any atom is -0.395 e. The van der Waals surface area contributed by atoms with E-state index < -0.39 is 0 Å². The third kappa shape index (κ3) is 5.17. The molecule has 0 fully saturated rings. The second-order valence-corrected chi connectivity index (χ2v) is 5.11. The molecule has 19 heavy (non-hydrogen) atoms. The van der Waals surface area contributed by atoms with Crippen LogP contribution in [-0.2, 0) is 6.54 Å². The molecule has 0 radical (unpaired) electrons. The first-order valence-corrected chi connectivity index (χ1v) is 6.93. The molecule has 108 valence electrons. The fourth-order valence-electron chi connectivity index (χ4n) is 1.99. The second-order valence-electron chi connectivity index (χ2n) is 5.11. The van der Waals surface area contributed by atoms with Gasteiger partial charge in [-0.1, -0.05) is 19.9 Å². The number of likely N-dealkylation sites (N-methyl/N-ethyl adjacent to an activating group) is 1. The fraction of sp³-hybridized carbons (Fsp3) is 0.600. The highest BCUT2D eigenvalue weighted by Gasteiger charge is 2.10. The number of aliphatic hydroxyl groups is 1. The molecule has 1 rings (SSSR count). The van der Waals surface area contributed by atoms with Gasteiger partial charge in [0.05, 0.1) is 12.3 Å². The van der Waals surface area contributed by atoms with Crippen molar-refractivity contribution in [1.82, 2.24) is 5.32 Å². The van der Waals surface area contributed by atoms with Gasteiger partial charge in [0, 0.05) is 19.6 Å². The zero-order chi connectivity index (χ0) is 14.3. The Labute approximate surface area is 115 Å². The molecule has 0 unspecified atom stereocenters. The normalized spacial score (nSPS) is 11.1. The third-order valence-electron chi connectivity index (χ3n) is 2.98. The van der Waals surface area contributed by atoms with Gasteiger partial charge < -0.3 is 15.3 Å². The molecule has 0 aliphatic heterocycles. The number of halogens is 1. The van der Waals surface area contributed by atoms with E-state index in [-0.39, 0.29) is 12.4 Å². The van der Waals surface area contributed by atoms with E-state index in [1.165, 1.54) is 6.07 Å². The Morgan fingerprint density at radius 3 is 2.68 bits per heavy atom. The highest BCUT2D eigenvalue weighted by molar-refractivity contribution is 5.50. The Kier molecular flexibility index (Phi) is 6.81. The van der Waals surface area contributed by atoms with E-state index in [2.05, 4.69) is 19.2 Å². The van der Waals surface area contributed by atoms with Gasteiger partial charge in [-0.25, -0.2) is 4.39 Å². The lowest BCUT2D eigenvalue weighted by molar-refractivity contribution is 0.302. The summed E-state index contributed by atoms with van der Waals surface area (Å²) in [5.74, 6) is 0.365. The number of benzene rings is 1. The summed E-state index contributed by atoms with van der Waals surface area (Å²) >= 11 is 0. The average Bonchev–Trinajstić information content (AvgIpc) is 2.38. The summed E-state index contributed by atoms with van der Waals surface area (Å²) in [6.45, 7) is 9.12. The van der Waals surface area contributed by atoms with Crippen LogP contribution in [0.15, 0.2) is 18.2 Å². The van der Waals surface area contributed by atoms with Gasteiger partial charge in [-0.2, -0.15) is 0 Å². The second kappa shape index (κ2) is 8.12. The molecule has 0 bridgehead atoms. The Morgan fingerprint density at radius 2 is 2.11 bits per heavy atom. The molecule has 3 nitrogen and oxygen atoms in total. The molecule has 0 heterocycles. The summed E-state index contributed by atoms with van der Waals surface area (Å²) in [4.78, 5) is 1.85. The minimum atomic E-state index is -0.233. The predicted octanol–water partition coefficient (Wildman–Crippen LogP) is 2.39. The molecule has 0 aliphatic carbocycles. The summed E-state index contributed by atoms with van der Waals surface area (Å²) in [7, 11) is 0. The van der Waals surface area contributed by atoms with E-state index in [0.717, 1.165) is 18.7 Å². The summed E-state index contributed by atoms with van der Waals surface area (Å²) in [5.41, 5.74) is 1.63. The van der Waals surface area contributed by atoms with Crippen LogP contribution in [0.3, 0.4) is 0 Å². The molecular formula is C15H25FN2O. The largest absolute Gasteiger partial charge is 0.395 e. The van der Waals surface area contributed by atoms with Gasteiger partial charge in [0.25, 0.3) is 0 Å². The lowest BCUT2D eigenvalue weighted by Gasteiger charge is -2.23. The highest BCUT2D eigenvalue weighted by Crippen LogP contribution is 2.20. The van der Waals surface area contributed by atoms with Gasteiger partial charge in [0.1, 0.15) is 5.82 Å². The van der Waals surface area contributed by atoms with Gasteiger partial charge in [0.15, 0.2) is 0 Å². The SMILES string of the molecule is CCN(CCO)c1cc(CNCC(C)C)ccc1F. The van der Waals surface area contributed by atoms with Crippen molar-refractivity contribution in [2.24, 2.45) is 5.92 Å². The first-order valence-electron chi connectivity index (χ1n) is 6.93. The lowest BCUT2D eigenvalue weighted by Crippen LogP contribution is -2.27.